The number of hydrogen-bond acceptors (Lipinski definition) is 3. The van der Waals surface area contributed by atoms with Gasteiger partial charge in [0, 0.05) is 18.3 Å². The zero-order valence-electron chi connectivity index (χ0n) is 18.2. The quantitative estimate of drug-likeness (QED) is 0.489. The molecule has 1 fully saturated rings. The zero-order valence-corrected chi connectivity index (χ0v) is 18.2. The summed E-state index contributed by atoms with van der Waals surface area (Å²) in [4.78, 5) is 1.66. The second kappa shape index (κ2) is 10.4. The zero-order chi connectivity index (χ0) is 22.4. The van der Waals surface area contributed by atoms with Crippen LogP contribution < -0.4 is 9.64 Å². The first-order valence-corrected chi connectivity index (χ1v) is 11.1. The fourth-order valence-corrected chi connectivity index (χ4v) is 4.10. The topological polar surface area (TPSA) is 32.7 Å². The molecule has 1 aliphatic carbocycles. The van der Waals surface area contributed by atoms with Crippen LogP contribution in [0.2, 0.25) is 0 Å². The standard InChI is InChI=1S/C25H32F3NO2/c1-18(2)20-10-6-12-22(14-20)31-23-13-7-11-21(15-23)29(17-24(30)25(26,27)28)16-19-8-4-3-5-9-19/h6-7,10-15,18-19,24,30H,3-5,8-9,16-17H2,1-2H3. The Bertz CT molecular complexity index is 832. The third-order valence-electron chi connectivity index (χ3n) is 5.92. The Hall–Kier alpha value is -2.21. The predicted octanol–water partition coefficient (Wildman–Crippen LogP) is 6.91. The van der Waals surface area contributed by atoms with Crippen molar-refractivity contribution < 1.29 is 23.0 Å². The van der Waals surface area contributed by atoms with Crippen molar-refractivity contribution in [2.75, 3.05) is 18.0 Å². The third-order valence-corrected chi connectivity index (χ3v) is 5.92. The molecule has 170 valence electrons. The Kier molecular flexibility index (Phi) is 7.87. The van der Waals surface area contributed by atoms with Gasteiger partial charge in [0.1, 0.15) is 11.5 Å². The van der Waals surface area contributed by atoms with E-state index in [1.165, 1.54) is 6.42 Å². The minimum atomic E-state index is -4.64. The van der Waals surface area contributed by atoms with Gasteiger partial charge in [0.2, 0.25) is 0 Å². The second-order valence-electron chi connectivity index (χ2n) is 8.79. The number of aliphatic hydroxyl groups is 1. The number of alkyl halides is 3. The summed E-state index contributed by atoms with van der Waals surface area (Å²) < 4.78 is 45.2. The first-order chi connectivity index (χ1) is 14.7. The smallest absolute Gasteiger partial charge is 0.416 e. The summed E-state index contributed by atoms with van der Waals surface area (Å²) >= 11 is 0. The minimum Gasteiger partial charge on any atom is -0.457 e. The van der Waals surface area contributed by atoms with Gasteiger partial charge in [-0.2, -0.15) is 13.2 Å². The summed E-state index contributed by atoms with van der Waals surface area (Å²) in [6.45, 7) is 4.23. The third kappa shape index (κ3) is 6.89. The van der Waals surface area contributed by atoms with Crippen LogP contribution in [0.4, 0.5) is 18.9 Å². The van der Waals surface area contributed by atoms with Gasteiger partial charge in [-0.05, 0) is 54.5 Å². The van der Waals surface area contributed by atoms with Crippen LogP contribution in [-0.4, -0.2) is 30.5 Å². The summed E-state index contributed by atoms with van der Waals surface area (Å²) in [6, 6.07) is 14.9. The number of ether oxygens (including phenoxy) is 1. The van der Waals surface area contributed by atoms with Crippen molar-refractivity contribution in [1.82, 2.24) is 0 Å². The molecule has 1 N–H and O–H groups in total. The van der Waals surface area contributed by atoms with Gasteiger partial charge in [-0.25, -0.2) is 0 Å². The van der Waals surface area contributed by atoms with Gasteiger partial charge in [0.25, 0.3) is 0 Å². The average Bonchev–Trinajstić information content (AvgIpc) is 2.73. The van der Waals surface area contributed by atoms with E-state index in [1.54, 1.807) is 29.2 Å². The number of nitrogens with zero attached hydrogens (tertiary/aromatic N) is 1. The Labute approximate surface area is 182 Å². The van der Waals surface area contributed by atoms with Gasteiger partial charge in [0.05, 0.1) is 6.54 Å². The fraction of sp³-hybridized carbons (Fsp3) is 0.520. The van der Waals surface area contributed by atoms with Crippen LogP contribution in [0.25, 0.3) is 0 Å². The van der Waals surface area contributed by atoms with E-state index < -0.39 is 18.8 Å². The molecule has 3 rings (SSSR count). The van der Waals surface area contributed by atoms with Gasteiger partial charge < -0.3 is 14.7 Å². The van der Waals surface area contributed by atoms with E-state index >= 15 is 0 Å². The van der Waals surface area contributed by atoms with Crippen LogP contribution in [0.5, 0.6) is 11.5 Å². The molecule has 0 aliphatic heterocycles. The van der Waals surface area contributed by atoms with E-state index in [9.17, 15) is 18.3 Å². The van der Waals surface area contributed by atoms with E-state index in [1.807, 2.05) is 24.3 Å². The highest BCUT2D eigenvalue weighted by Crippen LogP contribution is 2.32. The summed E-state index contributed by atoms with van der Waals surface area (Å²) in [6.07, 6.45) is -1.61. The molecular weight excluding hydrogens is 403 g/mol. The molecule has 1 aliphatic rings. The molecule has 2 aromatic rings. The summed E-state index contributed by atoms with van der Waals surface area (Å²) in [7, 11) is 0. The minimum absolute atomic E-state index is 0.335. The molecule has 1 saturated carbocycles. The Morgan fingerprint density at radius 1 is 1.00 bits per heavy atom. The Morgan fingerprint density at radius 3 is 2.29 bits per heavy atom. The molecule has 0 heterocycles. The van der Waals surface area contributed by atoms with E-state index in [4.69, 9.17) is 4.74 Å². The van der Waals surface area contributed by atoms with Gasteiger partial charge in [-0.15, -0.1) is 0 Å². The number of anilines is 1. The highest BCUT2D eigenvalue weighted by molar-refractivity contribution is 5.52. The van der Waals surface area contributed by atoms with Crippen molar-refractivity contribution in [3.05, 3.63) is 54.1 Å². The van der Waals surface area contributed by atoms with Gasteiger partial charge in [0.15, 0.2) is 6.10 Å². The summed E-state index contributed by atoms with van der Waals surface area (Å²) in [5, 5.41) is 9.74. The molecule has 0 aromatic heterocycles. The highest BCUT2D eigenvalue weighted by Gasteiger charge is 2.39. The van der Waals surface area contributed by atoms with E-state index in [0.717, 1.165) is 31.2 Å². The van der Waals surface area contributed by atoms with E-state index in [0.29, 0.717) is 35.6 Å². The van der Waals surface area contributed by atoms with Gasteiger partial charge in [-0.3, -0.25) is 0 Å². The lowest BCUT2D eigenvalue weighted by Crippen LogP contribution is -2.43. The highest BCUT2D eigenvalue weighted by atomic mass is 19.4. The Balaban J connectivity index is 1.80. The van der Waals surface area contributed by atoms with Crippen LogP contribution >= 0.6 is 0 Å². The summed E-state index contributed by atoms with van der Waals surface area (Å²) in [5.41, 5.74) is 1.78. The number of rotatable bonds is 8. The number of hydrogen-bond donors (Lipinski definition) is 1. The lowest BCUT2D eigenvalue weighted by atomic mass is 9.88. The lowest BCUT2D eigenvalue weighted by Gasteiger charge is -2.33. The maximum absolute atomic E-state index is 13.1. The average molecular weight is 436 g/mol. The summed E-state index contributed by atoms with van der Waals surface area (Å²) in [5.74, 6) is 1.96. The van der Waals surface area contributed by atoms with E-state index in [2.05, 4.69) is 13.8 Å². The molecule has 0 spiro atoms. The molecule has 2 aromatic carbocycles. The van der Waals surface area contributed by atoms with Crippen LogP contribution in [0.15, 0.2) is 48.5 Å². The van der Waals surface area contributed by atoms with Crippen LogP contribution in [-0.2, 0) is 0 Å². The fourth-order valence-electron chi connectivity index (χ4n) is 4.10. The largest absolute Gasteiger partial charge is 0.457 e. The molecule has 0 amide bonds. The van der Waals surface area contributed by atoms with Crippen molar-refractivity contribution >= 4 is 5.69 Å². The Morgan fingerprint density at radius 2 is 1.65 bits per heavy atom. The van der Waals surface area contributed by atoms with Crippen molar-refractivity contribution in [2.45, 2.75) is 64.1 Å². The second-order valence-corrected chi connectivity index (χ2v) is 8.79. The van der Waals surface area contributed by atoms with Gasteiger partial charge in [-0.1, -0.05) is 51.3 Å². The lowest BCUT2D eigenvalue weighted by molar-refractivity contribution is -0.200. The normalized spacial score (nSPS) is 16.4. The SMILES string of the molecule is CC(C)c1cccc(Oc2cccc(N(CC3CCCCC3)CC(O)C(F)(F)F)c2)c1. The van der Waals surface area contributed by atoms with Crippen LogP contribution in [0, 0.1) is 5.92 Å². The number of benzene rings is 2. The predicted molar refractivity (Wildman–Crippen MR) is 118 cm³/mol. The molecule has 0 saturated heterocycles. The van der Waals surface area contributed by atoms with E-state index in [-0.39, 0.29) is 0 Å². The first-order valence-electron chi connectivity index (χ1n) is 11.1. The van der Waals surface area contributed by atoms with Crippen LogP contribution in [0.1, 0.15) is 57.4 Å². The maximum Gasteiger partial charge on any atom is 0.416 e. The maximum atomic E-state index is 13.1. The van der Waals surface area contributed by atoms with Crippen LogP contribution in [0.3, 0.4) is 0 Å². The van der Waals surface area contributed by atoms with Crippen molar-refractivity contribution in [2.24, 2.45) is 5.92 Å². The number of halogens is 3. The monoisotopic (exact) mass is 435 g/mol. The molecule has 1 atom stereocenters. The molecule has 0 radical (unpaired) electrons. The molecule has 1 unspecified atom stereocenters. The first kappa shape index (κ1) is 23.5. The molecule has 6 heteroatoms. The van der Waals surface area contributed by atoms with Gasteiger partial charge >= 0.3 is 6.18 Å². The number of aliphatic hydroxyl groups excluding tert-OH is 1. The molecule has 3 nitrogen and oxygen atoms in total. The van der Waals surface area contributed by atoms with Crippen molar-refractivity contribution in [3.8, 4) is 11.5 Å². The molecule has 31 heavy (non-hydrogen) atoms. The van der Waals surface area contributed by atoms with Crippen molar-refractivity contribution in [3.63, 3.8) is 0 Å². The van der Waals surface area contributed by atoms with Crippen molar-refractivity contribution in [1.29, 1.82) is 0 Å². The molecule has 0 bridgehead atoms. The molecular formula is C25H32F3NO2.